The third-order valence-corrected chi connectivity index (χ3v) is 3.97. The Morgan fingerprint density at radius 2 is 2.20 bits per heavy atom. The molecule has 0 fully saturated rings. The van der Waals surface area contributed by atoms with Crippen molar-refractivity contribution in [3.05, 3.63) is 46.0 Å². The van der Waals surface area contributed by atoms with Gasteiger partial charge in [0.25, 0.3) is 0 Å². The lowest BCUT2D eigenvalue weighted by Crippen LogP contribution is -2.11. The molecule has 0 aliphatic rings. The summed E-state index contributed by atoms with van der Waals surface area (Å²) in [5.41, 5.74) is 2.60. The summed E-state index contributed by atoms with van der Waals surface area (Å²) in [6.45, 7) is 0.291. The summed E-state index contributed by atoms with van der Waals surface area (Å²) in [4.78, 5) is 9.70. The maximum absolute atomic E-state index is 5.68. The van der Waals surface area contributed by atoms with Gasteiger partial charge in [-0.2, -0.15) is 0 Å². The van der Waals surface area contributed by atoms with Crippen LogP contribution in [0.1, 0.15) is 5.82 Å². The zero-order valence-electron chi connectivity index (χ0n) is 10.3. The van der Waals surface area contributed by atoms with E-state index in [4.69, 9.17) is 10.6 Å². The second-order valence-corrected chi connectivity index (χ2v) is 5.83. The fourth-order valence-electron chi connectivity index (χ4n) is 1.78. The molecule has 3 rings (SSSR count). The number of nitrogens with zero attached hydrogens (tertiary/aromatic N) is 2. The number of fused-ring (bicyclic) bond motifs is 1. The second kappa shape index (κ2) is 5.74. The number of ether oxygens (including phenoxy) is 1. The van der Waals surface area contributed by atoms with Crippen molar-refractivity contribution in [2.75, 3.05) is 5.43 Å². The molecule has 0 saturated heterocycles. The van der Waals surface area contributed by atoms with Crippen LogP contribution in [0.25, 0.3) is 10.2 Å². The third-order valence-electron chi connectivity index (χ3n) is 2.67. The van der Waals surface area contributed by atoms with Crippen LogP contribution in [-0.4, -0.2) is 9.97 Å². The number of nitrogens with one attached hydrogen (secondary N) is 1. The third kappa shape index (κ3) is 2.74. The summed E-state index contributed by atoms with van der Waals surface area (Å²) >= 11 is 4.95. The molecule has 0 unspecified atom stereocenters. The first kappa shape index (κ1) is 13.3. The quantitative estimate of drug-likeness (QED) is 0.557. The van der Waals surface area contributed by atoms with Gasteiger partial charge < -0.3 is 10.2 Å². The fraction of sp³-hybridized carbons (Fsp3) is 0.0769. The SMILES string of the molecule is NNc1nc(COc2cccc(Br)c2)nc2sccc12. The Bertz CT molecular complexity index is 746. The number of nitrogen functional groups attached to an aromatic ring is 1. The van der Waals surface area contributed by atoms with Crippen molar-refractivity contribution >= 4 is 43.3 Å². The highest BCUT2D eigenvalue weighted by Gasteiger charge is 2.08. The van der Waals surface area contributed by atoms with Gasteiger partial charge in [0.05, 0.1) is 5.39 Å². The molecule has 0 saturated carbocycles. The molecule has 0 bridgehead atoms. The molecule has 3 aromatic rings. The molecule has 1 aromatic carbocycles. The molecule has 0 spiro atoms. The van der Waals surface area contributed by atoms with E-state index in [9.17, 15) is 0 Å². The summed E-state index contributed by atoms with van der Waals surface area (Å²) in [5, 5.41) is 2.88. The molecule has 0 atom stereocenters. The van der Waals surface area contributed by atoms with Gasteiger partial charge in [-0.3, -0.25) is 0 Å². The smallest absolute Gasteiger partial charge is 0.169 e. The number of benzene rings is 1. The maximum atomic E-state index is 5.68. The first-order valence-corrected chi connectivity index (χ1v) is 7.52. The number of hydrazine groups is 1. The van der Waals surface area contributed by atoms with E-state index in [1.807, 2.05) is 35.7 Å². The minimum Gasteiger partial charge on any atom is -0.486 e. The monoisotopic (exact) mass is 350 g/mol. The van der Waals surface area contributed by atoms with Crippen LogP contribution < -0.4 is 16.0 Å². The molecule has 0 radical (unpaired) electrons. The number of thiophene rings is 1. The number of anilines is 1. The van der Waals surface area contributed by atoms with Crippen molar-refractivity contribution in [1.29, 1.82) is 0 Å². The molecule has 102 valence electrons. The van der Waals surface area contributed by atoms with Gasteiger partial charge in [-0.25, -0.2) is 15.8 Å². The van der Waals surface area contributed by atoms with Crippen LogP contribution in [0.4, 0.5) is 5.82 Å². The molecule has 0 amide bonds. The van der Waals surface area contributed by atoms with Crippen LogP contribution >= 0.6 is 27.3 Å². The number of aromatic nitrogens is 2. The molecular weight excluding hydrogens is 340 g/mol. The topological polar surface area (TPSA) is 73.1 Å². The van der Waals surface area contributed by atoms with E-state index in [2.05, 4.69) is 31.3 Å². The molecule has 3 N–H and O–H groups in total. The van der Waals surface area contributed by atoms with Crippen LogP contribution in [0.5, 0.6) is 5.75 Å². The van der Waals surface area contributed by atoms with E-state index in [0.717, 1.165) is 20.4 Å². The van der Waals surface area contributed by atoms with Gasteiger partial charge in [0, 0.05) is 4.47 Å². The Morgan fingerprint density at radius 3 is 3.00 bits per heavy atom. The van der Waals surface area contributed by atoms with Crippen molar-refractivity contribution in [2.45, 2.75) is 6.61 Å². The predicted octanol–water partition coefficient (Wildman–Crippen LogP) is 3.32. The summed E-state index contributed by atoms with van der Waals surface area (Å²) in [6, 6.07) is 9.57. The maximum Gasteiger partial charge on any atom is 0.169 e. The van der Waals surface area contributed by atoms with Crippen molar-refractivity contribution < 1.29 is 4.74 Å². The Morgan fingerprint density at radius 1 is 1.30 bits per heavy atom. The summed E-state index contributed by atoms with van der Waals surface area (Å²) in [7, 11) is 0. The van der Waals surface area contributed by atoms with Gasteiger partial charge in [-0.15, -0.1) is 11.3 Å². The second-order valence-electron chi connectivity index (χ2n) is 4.02. The van der Waals surface area contributed by atoms with E-state index in [1.165, 1.54) is 0 Å². The molecule has 20 heavy (non-hydrogen) atoms. The average Bonchev–Trinajstić information content (AvgIpc) is 2.92. The minimum atomic E-state index is 0.291. The van der Waals surface area contributed by atoms with E-state index in [0.29, 0.717) is 18.2 Å². The van der Waals surface area contributed by atoms with Crippen molar-refractivity contribution in [1.82, 2.24) is 9.97 Å². The van der Waals surface area contributed by atoms with Crippen LogP contribution in [0, 0.1) is 0 Å². The zero-order valence-corrected chi connectivity index (χ0v) is 12.7. The van der Waals surface area contributed by atoms with E-state index < -0.39 is 0 Å². The molecule has 2 heterocycles. The van der Waals surface area contributed by atoms with Gasteiger partial charge >= 0.3 is 0 Å². The van der Waals surface area contributed by atoms with Crippen LogP contribution in [0.3, 0.4) is 0 Å². The molecule has 0 aliphatic carbocycles. The molecular formula is C13H11BrN4OS. The molecule has 2 aromatic heterocycles. The van der Waals surface area contributed by atoms with Gasteiger partial charge in [0.15, 0.2) is 11.6 Å². The van der Waals surface area contributed by atoms with Crippen molar-refractivity contribution in [3.63, 3.8) is 0 Å². The molecule has 5 nitrogen and oxygen atoms in total. The highest BCUT2D eigenvalue weighted by atomic mass is 79.9. The minimum absolute atomic E-state index is 0.291. The Hall–Kier alpha value is -1.70. The lowest BCUT2D eigenvalue weighted by Gasteiger charge is -2.07. The first-order chi connectivity index (χ1) is 9.76. The van der Waals surface area contributed by atoms with Crippen molar-refractivity contribution in [2.24, 2.45) is 5.84 Å². The summed E-state index contributed by atoms with van der Waals surface area (Å²) in [5.74, 6) is 7.45. The van der Waals surface area contributed by atoms with Gasteiger partial charge in [-0.05, 0) is 29.6 Å². The largest absolute Gasteiger partial charge is 0.486 e. The fourth-order valence-corrected chi connectivity index (χ4v) is 2.94. The van der Waals surface area contributed by atoms with Gasteiger partial charge in [0.2, 0.25) is 0 Å². The Balaban J connectivity index is 1.83. The number of rotatable bonds is 4. The summed E-state index contributed by atoms with van der Waals surface area (Å²) < 4.78 is 6.65. The number of nitrogens with two attached hydrogens (primary N) is 1. The standard InChI is InChI=1S/C13H11BrN4OS/c14-8-2-1-3-9(6-8)19-7-11-16-12(18-15)10-4-5-20-13(10)17-11/h1-6H,7,15H2,(H,16,17,18). The van der Waals surface area contributed by atoms with E-state index in [-0.39, 0.29) is 0 Å². The normalized spacial score (nSPS) is 10.7. The van der Waals surface area contributed by atoms with Crippen molar-refractivity contribution in [3.8, 4) is 5.75 Å². The first-order valence-electron chi connectivity index (χ1n) is 5.85. The lowest BCUT2D eigenvalue weighted by atomic mass is 10.3. The van der Waals surface area contributed by atoms with E-state index in [1.54, 1.807) is 11.3 Å². The number of hydrogen-bond donors (Lipinski definition) is 2. The van der Waals surface area contributed by atoms with Crippen LogP contribution in [-0.2, 0) is 6.61 Å². The average molecular weight is 351 g/mol. The van der Waals surface area contributed by atoms with Crippen LogP contribution in [0.2, 0.25) is 0 Å². The lowest BCUT2D eigenvalue weighted by molar-refractivity contribution is 0.296. The predicted molar refractivity (Wildman–Crippen MR) is 83.7 cm³/mol. The Labute approximate surface area is 127 Å². The molecule has 0 aliphatic heterocycles. The number of hydrogen-bond acceptors (Lipinski definition) is 6. The van der Waals surface area contributed by atoms with Gasteiger partial charge in [0.1, 0.15) is 17.2 Å². The van der Waals surface area contributed by atoms with Crippen LogP contribution in [0.15, 0.2) is 40.2 Å². The highest BCUT2D eigenvalue weighted by molar-refractivity contribution is 9.10. The number of halogens is 1. The van der Waals surface area contributed by atoms with E-state index >= 15 is 0 Å². The summed E-state index contributed by atoms with van der Waals surface area (Å²) in [6.07, 6.45) is 0. The van der Waals surface area contributed by atoms with Gasteiger partial charge in [-0.1, -0.05) is 22.0 Å². The molecule has 7 heteroatoms. The Kier molecular flexibility index (Phi) is 3.81. The highest BCUT2D eigenvalue weighted by Crippen LogP contribution is 2.25. The zero-order chi connectivity index (χ0) is 13.9.